The molecule has 2 aliphatic rings. The summed E-state index contributed by atoms with van der Waals surface area (Å²) >= 11 is 0. The van der Waals surface area contributed by atoms with Crippen LogP contribution in [0.25, 0.3) is 0 Å². The highest BCUT2D eigenvalue weighted by atomic mass is 16.6. The van der Waals surface area contributed by atoms with Gasteiger partial charge in [-0.3, -0.25) is 4.79 Å². The molecule has 0 spiro atoms. The number of para-hydroxylation sites is 1. The summed E-state index contributed by atoms with van der Waals surface area (Å²) in [5.74, 6) is 2.49. The average Bonchev–Trinajstić information content (AvgIpc) is 2.96. The van der Waals surface area contributed by atoms with Crippen molar-refractivity contribution in [1.29, 1.82) is 0 Å². The Kier molecular flexibility index (Phi) is 4.45. The quantitative estimate of drug-likeness (QED) is 0.916. The van der Waals surface area contributed by atoms with E-state index in [0.29, 0.717) is 31.2 Å². The zero-order chi connectivity index (χ0) is 18.1. The molecule has 26 heavy (non-hydrogen) atoms. The minimum absolute atomic E-state index is 0.0941. The van der Waals surface area contributed by atoms with Gasteiger partial charge in [-0.25, -0.2) is 0 Å². The van der Waals surface area contributed by atoms with Crippen LogP contribution in [0.3, 0.4) is 0 Å². The number of fused-ring (bicyclic) bond motifs is 2. The highest BCUT2D eigenvalue weighted by molar-refractivity contribution is 5.97. The van der Waals surface area contributed by atoms with E-state index >= 15 is 0 Å². The van der Waals surface area contributed by atoms with Crippen molar-refractivity contribution >= 4 is 5.91 Å². The Bertz CT molecular complexity index is 833. The van der Waals surface area contributed by atoms with Crippen molar-refractivity contribution in [1.82, 2.24) is 5.32 Å². The van der Waals surface area contributed by atoms with Crippen LogP contribution < -0.4 is 19.5 Å². The summed E-state index contributed by atoms with van der Waals surface area (Å²) in [6.07, 6.45) is 0.821. The van der Waals surface area contributed by atoms with Crippen molar-refractivity contribution in [3.8, 4) is 17.2 Å². The van der Waals surface area contributed by atoms with Crippen LogP contribution in [0.5, 0.6) is 17.2 Å². The molecule has 0 fully saturated rings. The van der Waals surface area contributed by atoms with E-state index in [4.69, 9.17) is 14.2 Å². The molecule has 2 aliphatic heterocycles. The smallest absolute Gasteiger partial charge is 0.255 e. The molecule has 136 valence electrons. The van der Waals surface area contributed by atoms with Crippen LogP contribution in [0.2, 0.25) is 0 Å². The minimum Gasteiger partial charge on any atom is -0.489 e. The maximum Gasteiger partial charge on any atom is 0.255 e. The zero-order valence-corrected chi connectivity index (χ0v) is 15.1. The van der Waals surface area contributed by atoms with Crippen molar-refractivity contribution in [2.75, 3.05) is 19.8 Å². The first-order chi connectivity index (χ1) is 12.6. The molecular formula is C21H23NO4. The lowest BCUT2D eigenvalue weighted by molar-refractivity contribution is 0.0949. The Morgan fingerprint density at radius 1 is 1.12 bits per heavy atom. The van der Waals surface area contributed by atoms with Crippen LogP contribution in [0.15, 0.2) is 36.4 Å². The van der Waals surface area contributed by atoms with E-state index in [1.165, 1.54) is 0 Å². The number of benzene rings is 2. The van der Waals surface area contributed by atoms with Gasteiger partial charge < -0.3 is 19.5 Å². The van der Waals surface area contributed by atoms with Crippen molar-refractivity contribution in [2.24, 2.45) is 0 Å². The van der Waals surface area contributed by atoms with Gasteiger partial charge in [0.05, 0.1) is 5.56 Å². The molecule has 0 radical (unpaired) electrons. The molecule has 1 N–H and O–H groups in total. The van der Waals surface area contributed by atoms with E-state index in [2.05, 4.69) is 12.2 Å². The molecule has 0 bridgehead atoms. The maximum absolute atomic E-state index is 12.6. The first kappa shape index (κ1) is 16.8. The van der Waals surface area contributed by atoms with E-state index in [-0.39, 0.29) is 12.0 Å². The second-order valence-electron chi connectivity index (χ2n) is 6.82. The van der Waals surface area contributed by atoms with Gasteiger partial charge >= 0.3 is 0 Å². The summed E-state index contributed by atoms with van der Waals surface area (Å²) in [6, 6.07) is 11.7. The average molecular weight is 353 g/mol. The van der Waals surface area contributed by atoms with Crippen LogP contribution in [0.4, 0.5) is 0 Å². The number of ether oxygens (including phenoxy) is 3. The van der Waals surface area contributed by atoms with Gasteiger partial charge in [0, 0.05) is 18.0 Å². The second-order valence-corrected chi connectivity index (χ2v) is 6.82. The number of amides is 1. The second kappa shape index (κ2) is 6.90. The summed E-state index contributed by atoms with van der Waals surface area (Å²) in [5, 5.41) is 3.00. The van der Waals surface area contributed by atoms with Crippen LogP contribution in [-0.4, -0.2) is 31.8 Å². The molecule has 1 amide bonds. The van der Waals surface area contributed by atoms with Gasteiger partial charge in [0.25, 0.3) is 5.91 Å². The van der Waals surface area contributed by atoms with E-state index in [0.717, 1.165) is 34.8 Å². The first-order valence-electron chi connectivity index (χ1n) is 9.10. The molecule has 2 aromatic carbocycles. The molecule has 0 aromatic heterocycles. The lowest BCUT2D eigenvalue weighted by Gasteiger charge is -2.19. The molecule has 5 nitrogen and oxygen atoms in total. The number of carbonyl (C=O) groups is 1. The third-order valence-corrected chi connectivity index (χ3v) is 5.09. The van der Waals surface area contributed by atoms with Crippen molar-refractivity contribution in [3.63, 3.8) is 0 Å². The van der Waals surface area contributed by atoms with Crippen LogP contribution in [0, 0.1) is 0 Å². The van der Waals surface area contributed by atoms with E-state index in [1.807, 2.05) is 43.3 Å². The Hall–Kier alpha value is -2.69. The van der Waals surface area contributed by atoms with E-state index < -0.39 is 0 Å². The number of hydrogen-bond donors (Lipinski definition) is 1. The molecule has 5 heteroatoms. The van der Waals surface area contributed by atoms with Crippen LogP contribution >= 0.6 is 0 Å². The first-order valence-corrected chi connectivity index (χ1v) is 9.10. The standard InChI is InChI=1S/C21H23NO4/c1-13-14(2)26-20-16(13)4-3-5-17(20)21(23)22-9-8-15-6-7-18-19(12-15)25-11-10-24-18/h3-7,12-14H,8-11H2,1-2H3,(H,22,23)/t13-,14+/m1/s1. The van der Waals surface area contributed by atoms with E-state index in [1.54, 1.807) is 0 Å². The number of hydrogen-bond acceptors (Lipinski definition) is 4. The summed E-state index contributed by atoms with van der Waals surface area (Å²) in [6.45, 7) is 5.87. The summed E-state index contributed by atoms with van der Waals surface area (Å²) < 4.78 is 17.0. The number of nitrogens with one attached hydrogen (secondary N) is 1. The normalized spacial score (nSPS) is 20.2. The third-order valence-electron chi connectivity index (χ3n) is 5.09. The van der Waals surface area contributed by atoms with Crippen molar-refractivity contribution in [3.05, 3.63) is 53.1 Å². The fraction of sp³-hybridized carbons (Fsp3) is 0.381. The fourth-order valence-corrected chi connectivity index (χ4v) is 3.42. The summed E-state index contributed by atoms with van der Waals surface area (Å²) in [4.78, 5) is 12.6. The molecule has 0 aliphatic carbocycles. The van der Waals surface area contributed by atoms with Crippen molar-refractivity contribution in [2.45, 2.75) is 32.3 Å². The Balaban J connectivity index is 1.40. The largest absolute Gasteiger partial charge is 0.489 e. The molecule has 0 saturated carbocycles. The highest BCUT2D eigenvalue weighted by Gasteiger charge is 2.30. The van der Waals surface area contributed by atoms with Gasteiger partial charge in [0.1, 0.15) is 25.1 Å². The zero-order valence-electron chi connectivity index (χ0n) is 15.1. The van der Waals surface area contributed by atoms with Gasteiger partial charge in [-0.05, 0) is 37.1 Å². The fourth-order valence-electron chi connectivity index (χ4n) is 3.42. The monoisotopic (exact) mass is 353 g/mol. The predicted octanol–water partition coefficient (Wildman–Crippen LogP) is 3.31. The van der Waals surface area contributed by atoms with E-state index in [9.17, 15) is 4.79 Å². The SMILES string of the molecule is C[C@@H]1Oc2c(C(=O)NCCc3ccc4c(c3)OCCO4)cccc2[C@@H]1C. The molecular weight excluding hydrogens is 330 g/mol. The minimum atomic E-state index is -0.0966. The molecule has 2 atom stereocenters. The predicted molar refractivity (Wildman–Crippen MR) is 98.4 cm³/mol. The lowest BCUT2D eigenvalue weighted by Crippen LogP contribution is -2.26. The highest BCUT2D eigenvalue weighted by Crippen LogP contribution is 2.40. The van der Waals surface area contributed by atoms with Gasteiger partial charge in [-0.15, -0.1) is 0 Å². The van der Waals surface area contributed by atoms with Gasteiger partial charge in [-0.2, -0.15) is 0 Å². The van der Waals surface area contributed by atoms with Crippen LogP contribution in [0.1, 0.15) is 41.3 Å². The Morgan fingerprint density at radius 2 is 1.92 bits per heavy atom. The van der Waals surface area contributed by atoms with Gasteiger partial charge in [-0.1, -0.05) is 25.1 Å². The summed E-state index contributed by atoms with van der Waals surface area (Å²) in [5.41, 5.74) is 2.82. The number of rotatable bonds is 4. The molecule has 0 unspecified atom stereocenters. The van der Waals surface area contributed by atoms with Gasteiger partial charge in [0.15, 0.2) is 11.5 Å². The molecule has 4 rings (SSSR count). The summed E-state index contributed by atoms with van der Waals surface area (Å²) in [7, 11) is 0. The Labute approximate surface area is 153 Å². The van der Waals surface area contributed by atoms with Crippen molar-refractivity contribution < 1.29 is 19.0 Å². The van der Waals surface area contributed by atoms with Gasteiger partial charge in [0.2, 0.25) is 0 Å². The number of carbonyl (C=O) groups excluding carboxylic acids is 1. The molecule has 2 aromatic rings. The van der Waals surface area contributed by atoms with Crippen LogP contribution in [-0.2, 0) is 6.42 Å². The Morgan fingerprint density at radius 3 is 2.77 bits per heavy atom. The molecule has 2 heterocycles. The molecule has 0 saturated heterocycles. The third kappa shape index (κ3) is 3.09. The lowest BCUT2D eigenvalue weighted by atomic mass is 9.97. The topological polar surface area (TPSA) is 56.8 Å². The maximum atomic E-state index is 12.6.